The van der Waals surface area contributed by atoms with E-state index >= 15 is 0 Å². The number of morpholine rings is 1. The summed E-state index contributed by atoms with van der Waals surface area (Å²) in [4.78, 5) is 11.0. The molecule has 1 aromatic heterocycles. The number of nitrogens with one attached hydrogen (secondary N) is 2. The maximum absolute atomic E-state index is 12.2. The van der Waals surface area contributed by atoms with Gasteiger partial charge >= 0.3 is 0 Å². The number of hydrogen-bond donors (Lipinski definition) is 2. The van der Waals surface area contributed by atoms with E-state index in [0.29, 0.717) is 36.3 Å². The second kappa shape index (κ2) is 9.51. The van der Waals surface area contributed by atoms with Crippen molar-refractivity contribution in [2.75, 3.05) is 49.6 Å². The zero-order valence-electron chi connectivity index (χ0n) is 15.7. The average Bonchev–Trinajstić information content (AvgIpc) is 2.67. The highest BCUT2D eigenvalue weighted by atomic mass is 35.5. The topological polar surface area (TPSA) is 96.5 Å². The number of ether oxygens (including phenoxy) is 1. The predicted molar refractivity (Wildman–Crippen MR) is 110 cm³/mol. The van der Waals surface area contributed by atoms with Crippen molar-refractivity contribution in [3.05, 3.63) is 46.6 Å². The molecule has 0 aliphatic carbocycles. The van der Waals surface area contributed by atoms with Gasteiger partial charge in [-0.15, -0.1) is 0 Å². The van der Waals surface area contributed by atoms with Crippen LogP contribution in [0.3, 0.4) is 0 Å². The first-order valence-electron chi connectivity index (χ1n) is 9.05. The quantitative estimate of drug-likeness (QED) is 0.622. The molecule has 3 rings (SSSR count). The molecular weight excluding hydrogens is 402 g/mol. The Bertz CT molecular complexity index is 887. The van der Waals surface area contributed by atoms with Gasteiger partial charge in [0, 0.05) is 43.0 Å². The Balaban J connectivity index is 1.50. The number of anilines is 2. The van der Waals surface area contributed by atoms with E-state index < -0.39 is 10.0 Å². The molecule has 1 saturated heterocycles. The molecule has 1 fully saturated rings. The molecule has 8 nitrogen and oxygen atoms in total. The number of hydrogen-bond acceptors (Lipinski definition) is 7. The van der Waals surface area contributed by atoms with Crippen molar-refractivity contribution in [3.8, 4) is 0 Å². The lowest BCUT2D eigenvalue weighted by Crippen LogP contribution is -2.37. The van der Waals surface area contributed by atoms with Crippen LogP contribution in [0.5, 0.6) is 0 Å². The van der Waals surface area contributed by atoms with Gasteiger partial charge in [0.05, 0.1) is 19.0 Å². The molecule has 10 heteroatoms. The highest BCUT2D eigenvalue weighted by Crippen LogP contribution is 2.16. The van der Waals surface area contributed by atoms with E-state index in [4.69, 9.17) is 16.3 Å². The fraction of sp³-hybridized carbons (Fsp3) is 0.444. The van der Waals surface area contributed by atoms with Crippen molar-refractivity contribution < 1.29 is 13.2 Å². The monoisotopic (exact) mass is 425 g/mol. The van der Waals surface area contributed by atoms with Crippen LogP contribution in [0.25, 0.3) is 0 Å². The van der Waals surface area contributed by atoms with Gasteiger partial charge in [0.2, 0.25) is 16.0 Å². The number of halogens is 1. The fourth-order valence-electron chi connectivity index (χ4n) is 2.82. The van der Waals surface area contributed by atoms with Crippen LogP contribution in [-0.2, 0) is 20.5 Å². The molecule has 0 saturated carbocycles. The molecule has 1 aromatic carbocycles. The lowest BCUT2D eigenvalue weighted by atomic mass is 10.2. The molecule has 0 amide bonds. The largest absolute Gasteiger partial charge is 0.378 e. The third-order valence-electron chi connectivity index (χ3n) is 4.18. The Labute approximate surface area is 170 Å². The Kier molecular flexibility index (Phi) is 7.06. The summed E-state index contributed by atoms with van der Waals surface area (Å²) < 4.78 is 32.3. The summed E-state index contributed by atoms with van der Waals surface area (Å²) in [5.41, 5.74) is 1.53. The Morgan fingerprint density at radius 2 is 1.86 bits per heavy atom. The van der Waals surface area contributed by atoms with Crippen molar-refractivity contribution in [2.24, 2.45) is 0 Å². The van der Waals surface area contributed by atoms with Crippen molar-refractivity contribution >= 4 is 33.4 Å². The SMILES string of the molecule is Cc1cc(N2CCOCC2)nc(NCCNS(=O)(=O)Cc2ccc(Cl)cc2)n1. The summed E-state index contributed by atoms with van der Waals surface area (Å²) in [6, 6.07) is 8.69. The molecular formula is C18H24ClN5O3S. The Hall–Kier alpha value is -1.94. The fourth-order valence-corrected chi connectivity index (χ4v) is 4.09. The molecule has 2 heterocycles. The first-order chi connectivity index (χ1) is 13.4. The predicted octanol–water partition coefficient (Wildman–Crippen LogP) is 1.81. The number of benzene rings is 1. The Morgan fingerprint density at radius 3 is 2.57 bits per heavy atom. The second-order valence-corrected chi connectivity index (χ2v) is 8.74. The average molecular weight is 426 g/mol. The van der Waals surface area contributed by atoms with Crippen LogP contribution in [0, 0.1) is 6.92 Å². The van der Waals surface area contributed by atoms with Crippen molar-refractivity contribution in [3.63, 3.8) is 0 Å². The number of sulfonamides is 1. The summed E-state index contributed by atoms with van der Waals surface area (Å²) in [5, 5.41) is 3.66. The second-order valence-electron chi connectivity index (χ2n) is 6.50. The first-order valence-corrected chi connectivity index (χ1v) is 11.1. The third kappa shape index (κ3) is 6.30. The molecule has 0 unspecified atom stereocenters. The summed E-state index contributed by atoms with van der Waals surface area (Å²) in [6.07, 6.45) is 0. The van der Waals surface area contributed by atoms with Gasteiger partial charge in [0.1, 0.15) is 5.82 Å². The lowest BCUT2D eigenvalue weighted by Gasteiger charge is -2.28. The number of aromatic nitrogens is 2. The van der Waals surface area contributed by atoms with E-state index in [1.165, 1.54) is 0 Å². The van der Waals surface area contributed by atoms with Crippen LogP contribution in [0.15, 0.2) is 30.3 Å². The van der Waals surface area contributed by atoms with E-state index in [9.17, 15) is 8.42 Å². The molecule has 28 heavy (non-hydrogen) atoms. The van der Waals surface area contributed by atoms with Gasteiger partial charge in [-0.2, -0.15) is 4.98 Å². The smallest absolute Gasteiger partial charge is 0.224 e. The minimum atomic E-state index is -3.43. The molecule has 2 N–H and O–H groups in total. The van der Waals surface area contributed by atoms with Gasteiger partial charge in [0.15, 0.2) is 0 Å². The number of rotatable bonds is 8. The van der Waals surface area contributed by atoms with Crippen molar-refractivity contribution in [2.45, 2.75) is 12.7 Å². The van der Waals surface area contributed by atoms with Crippen LogP contribution < -0.4 is 14.9 Å². The van der Waals surface area contributed by atoms with E-state index in [1.807, 2.05) is 13.0 Å². The molecule has 0 spiro atoms. The van der Waals surface area contributed by atoms with E-state index in [1.54, 1.807) is 24.3 Å². The minimum Gasteiger partial charge on any atom is -0.378 e. The van der Waals surface area contributed by atoms with Gasteiger partial charge in [-0.05, 0) is 24.6 Å². The zero-order chi connectivity index (χ0) is 20.0. The highest BCUT2D eigenvalue weighted by molar-refractivity contribution is 7.88. The lowest BCUT2D eigenvalue weighted by molar-refractivity contribution is 0.122. The molecule has 1 aliphatic heterocycles. The normalized spacial score (nSPS) is 14.9. The van der Waals surface area contributed by atoms with Crippen molar-refractivity contribution in [1.82, 2.24) is 14.7 Å². The molecule has 1 aliphatic rings. The summed E-state index contributed by atoms with van der Waals surface area (Å²) >= 11 is 5.82. The minimum absolute atomic E-state index is 0.0910. The van der Waals surface area contributed by atoms with Crippen molar-refractivity contribution in [1.29, 1.82) is 0 Å². The highest BCUT2D eigenvalue weighted by Gasteiger charge is 2.14. The summed E-state index contributed by atoms with van der Waals surface area (Å²) in [7, 11) is -3.43. The summed E-state index contributed by atoms with van der Waals surface area (Å²) in [6.45, 7) is 5.47. The molecule has 152 valence electrons. The standard InChI is InChI=1S/C18H24ClN5O3S/c1-14-12-17(24-8-10-27-11-9-24)23-18(22-14)20-6-7-21-28(25,26)13-15-2-4-16(19)5-3-15/h2-5,12,21H,6-11,13H2,1H3,(H,20,22,23). The van der Waals surface area contributed by atoms with E-state index in [-0.39, 0.29) is 12.3 Å². The van der Waals surface area contributed by atoms with Crippen LogP contribution in [-0.4, -0.2) is 57.8 Å². The van der Waals surface area contributed by atoms with Gasteiger partial charge in [-0.25, -0.2) is 18.1 Å². The molecule has 0 radical (unpaired) electrons. The maximum Gasteiger partial charge on any atom is 0.224 e. The maximum atomic E-state index is 12.2. The van der Waals surface area contributed by atoms with Gasteiger partial charge in [-0.3, -0.25) is 0 Å². The first kappa shape index (κ1) is 20.8. The molecule has 0 bridgehead atoms. The van der Waals surface area contributed by atoms with Gasteiger partial charge in [-0.1, -0.05) is 23.7 Å². The van der Waals surface area contributed by atoms with Gasteiger partial charge < -0.3 is 15.0 Å². The Morgan fingerprint density at radius 1 is 1.14 bits per heavy atom. The number of aryl methyl sites for hydroxylation is 1. The summed E-state index contributed by atoms with van der Waals surface area (Å²) in [5.74, 6) is 1.24. The zero-order valence-corrected chi connectivity index (χ0v) is 17.3. The van der Waals surface area contributed by atoms with E-state index in [0.717, 1.165) is 24.6 Å². The van der Waals surface area contributed by atoms with Crippen LogP contribution in [0.4, 0.5) is 11.8 Å². The third-order valence-corrected chi connectivity index (χ3v) is 5.79. The molecule has 2 aromatic rings. The van der Waals surface area contributed by atoms with Crippen LogP contribution >= 0.6 is 11.6 Å². The van der Waals surface area contributed by atoms with E-state index in [2.05, 4.69) is 24.9 Å². The van der Waals surface area contributed by atoms with Gasteiger partial charge in [0.25, 0.3) is 0 Å². The molecule has 0 atom stereocenters. The van der Waals surface area contributed by atoms with Crippen LogP contribution in [0.2, 0.25) is 5.02 Å². The number of nitrogens with zero attached hydrogens (tertiary/aromatic N) is 3. The van der Waals surface area contributed by atoms with Crippen LogP contribution in [0.1, 0.15) is 11.3 Å².